The predicted molar refractivity (Wildman–Crippen MR) is 171 cm³/mol. The van der Waals surface area contributed by atoms with Crippen LogP contribution in [0.2, 0.25) is 0 Å². The van der Waals surface area contributed by atoms with Crippen LogP contribution in [-0.2, 0) is 0 Å². The Morgan fingerprint density at radius 2 is 1.60 bits per heavy atom. The first-order chi connectivity index (χ1) is 21.8. The van der Waals surface area contributed by atoms with Crippen molar-refractivity contribution in [3.8, 4) is 16.9 Å². The van der Waals surface area contributed by atoms with Crippen LogP contribution in [0.3, 0.4) is 0 Å². The molecule has 0 spiro atoms. The Kier molecular flexibility index (Phi) is 9.32. The maximum absolute atomic E-state index is 14.7. The van der Waals surface area contributed by atoms with Gasteiger partial charge in [0.05, 0.1) is 6.04 Å². The highest BCUT2D eigenvalue weighted by atomic mass is 19.1. The van der Waals surface area contributed by atoms with Crippen LogP contribution in [0.5, 0.6) is 5.75 Å². The van der Waals surface area contributed by atoms with Gasteiger partial charge in [-0.1, -0.05) is 26.0 Å². The Morgan fingerprint density at radius 3 is 2.31 bits per heavy atom. The number of nitrogens with zero attached hydrogens (tertiary/aromatic N) is 3. The van der Waals surface area contributed by atoms with Crippen molar-refractivity contribution in [1.29, 1.82) is 0 Å². The molecular formula is C35H41F2N5O3. The summed E-state index contributed by atoms with van der Waals surface area (Å²) < 4.78 is 34.8. The summed E-state index contributed by atoms with van der Waals surface area (Å²) in [4.78, 5) is 33.4. The van der Waals surface area contributed by atoms with Gasteiger partial charge in [-0.3, -0.25) is 9.59 Å². The fraction of sp³-hybridized carbons (Fsp3) is 0.429. The van der Waals surface area contributed by atoms with E-state index in [1.165, 1.54) is 24.3 Å². The van der Waals surface area contributed by atoms with Gasteiger partial charge in [-0.05, 0) is 73.0 Å². The highest BCUT2D eigenvalue weighted by Gasteiger charge is 2.35. The zero-order chi connectivity index (χ0) is 31.5. The Labute approximate surface area is 263 Å². The SMILES string of the molecule is CC(C)[C@H]1CN(C(=O)c2cc(F)cc(N3CCNCC3)c2)CCN1C(=O)c1ccc(O[C@H]2CCNC2)c(-c2ccc(F)cc2)c1. The Balaban J connectivity index is 1.22. The lowest BCUT2D eigenvalue weighted by atomic mass is 9.96. The summed E-state index contributed by atoms with van der Waals surface area (Å²) in [6.07, 6.45) is 0.905. The third-order valence-electron chi connectivity index (χ3n) is 9.04. The molecule has 6 rings (SSSR count). The summed E-state index contributed by atoms with van der Waals surface area (Å²) in [5.41, 5.74) is 3.03. The summed E-state index contributed by atoms with van der Waals surface area (Å²) in [6.45, 7) is 9.88. The van der Waals surface area contributed by atoms with Crippen LogP contribution in [0.1, 0.15) is 41.0 Å². The number of amides is 2. The van der Waals surface area contributed by atoms with Crippen molar-refractivity contribution in [2.24, 2.45) is 5.92 Å². The van der Waals surface area contributed by atoms with Gasteiger partial charge in [0, 0.05) is 74.7 Å². The average molecular weight is 618 g/mol. The number of hydrogen-bond acceptors (Lipinski definition) is 6. The summed E-state index contributed by atoms with van der Waals surface area (Å²) in [5, 5.41) is 6.60. The van der Waals surface area contributed by atoms with Crippen molar-refractivity contribution in [2.45, 2.75) is 32.4 Å². The van der Waals surface area contributed by atoms with Crippen LogP contribution < -0.4 is 20.3 Å². The highest BCUT2D eigenvalue weighted by molar-refractivity contribution is 5.98. The van der Waals surface area contributed by atoms with E-state index in [-0.39, 0.29) is 35.7 Å². The van der Waals surface area contributed by atoms with Gasteiger partial charge < -0.3 is 30.1 Å². The second-order valence-electron chi connectivity index (χ2n) is 12.4. The van der Waals surface area contributed by atoms with Gasteiger partial charge in [-0.15, -0.1) is 0 Å². The molecule has 2 N–H and O–H groups in total. The molecule has 8 nitrogen and oxygen atoms in total. The lowest BCUT2D eigenvalue weighted by Gasteiger charge is -2.43. The fourth-order valence-corrected chi connectivity index (χ4v) is 6.50. The molecule has 2 amide bonds. The molecule has 238 valence electrons. The van der Waals surface area contributed by atoms with Gasteiger partial charge in [0.2, 0.25) is 0 Å². The molecule has 3 aromatic carbocycles. The molecule has 2 atom stereocenters. The maximum atomic E-state index is 14.7. The number of rotatable bonds is 7. The molecule has 0 bridgehead atoms. The monoisotopic (exact) mass is 617 g/mol. The third-order valence-corrected chi connectivity index (χ3v) is 9.04. The van der Waals surface area contributed by atoms with E-state index in [1.807, 2.05) is 30.9 Å². The maximum Gasteiger partial charge on any atom is 0.254 e. The van der Waals surface area contributed by atoms with Gasteiger partial charge in [0.1, 0.15) is 23.5 Å². The number of benzene rings is 3. The van der Waals surface area contributed by atoms with Crippen molar-refractivity contribution in [3.05, 3.63) is 83.4 Å². The lowest BCUT2D eigenvalue weighted by molar-refractivity contribution is 0.0303. The van der Waals surface area contributed by atoms with E-state index in [9.17, 15) is 18.4 Å². The van der Waals surface area contributed by atoms with Crippen molar-refractivity contribution in [1.82, 2.24) is 20.4 Å². The van der Waals surface area contributed by atoms with E-state index in [1.54, 1.807) is 29.2 Å². The van der Waals surface area contributed by atoms with Gasteiger partial charge in [0.15, 0.2) is 0 Å². The van der Waals surface area contributed by atoms with Crippen LogP contribution in [0, 0.1) is 17.6 Å². The van der Waals surface area contributed by atoms with Crippen LogP contribution >= 0.6 is 0 Å². The summed E-state index contributed by atoms with van der Waals surface area (Å²) in [6, 6.07) is 16.0. The van der Waals surface area contributed by atoms with Crippen molar-refractivity contribution < 1.29 is 23.1 Å². The summed E-state index contributed by atoms with van der Waals surface area (Å²) in [5.74, 6) is -0.410. The van der Waals surface area contributed by atoms with Gasteiger partial charge >= 0.3 is 0 Å². The van der Waals surface area contributed by atoms with Gasteiger partial charge in [-0.25, -0.2) is 8.78 Å². The average Bonchev–Trinajstić information content (AvgIpc) is 3.58. The number of anilines is 1. The van der Waals surface area contributed by atoms with E-state index < -0.39 is 5.82 Å². The largest absolute Gasteiger partial charge is 0.488 e. The number of ether oxygens (including phenoxy) is 1. The Hall–Kier alpha value is -4.02. The molecule has 3 saturated heterocycles. The normalized spacial score (nSPS) is 20.5. The first-order valence-corrected chi connectivity index (χ1v) is 15.9. The molecule has 0 aromatic heterocycles. The molecular weight excluding hydrogens is 576 g/mol. The summed E-state index contributed by atoms with van der Waals surface area (Å²) in [7, 11) is 0. The van der Waals surface area contributed by atoms with Crippen LogP contribution in [0.25, 0.3) is 11.1 Å². The minimum Gasteiger partial charge on any atom is -0.488 e. The topological polar surface area (TPSA) is 77.2 Å². The van der Waals surface area contributed by atoms with Gasteiger partial charge in [0.25, 0.3) is 11.8 Å². The molecule has 3 aromatic rings. The van der Waals surface area contributed by atoms with E-state index >= 15 is 0 Å². The molecule has 45 heavy (non-hydrogen) atoms. The minimum absolute atomic E-state index is 0.0210. The number of nitrogens with one attached hydrogen (secondary N) is 2. The number of carbonyl (C=O) groups excluding carboxylic acids is 2. The zero-order valence-electron chi connectivity index (χ0n) is 25.9. The van der Waals surface area contributed by atoms with E-state index in [4.69, 9.17) is 4.74 Å². The minimum atomic E-state index is -0.433. The smallest absolute Gasteiger partial charge is 0.254 e. The first kappa shape index (κ1) is 31.0. The first-order valence-electron chi connectivity index (χ1n) is 15.9. The zero-order valence-corrected chi connectivity index (χ0v) is 25.9. The standard InChI is InChI=1S/C35H41F2N5O3/c1-23(2)32-22-41(34(43)26-17-28(37)20-29(18-26)40-13-11-38-12-14-40)15-16-42(32)35(44)25-5-8-33(45-30-9-10-39-21-30)31(19-25)24-3-6-27(36)7-4-24/h3-8,17-20,23,30,32,38-39H,9-16,21-22H2,1-2H3/t30-,32+/m0/s1. The molecule has 0 radical (unpaired) electrons. The second kappa shape index (κ2) is 13.5. The molecule has 3 fully saturated rings. The van der Waals surface area contributed by atoms with Crippen LogP contribution in [-0.4, -0.2) is 92.7 Å². The van der Waals surface area contributed by atoms with Crippen molar-refractivity contribution >= 4 is 17.5 Å². The lowest BCUT2D eigenvalue weighted by Crippen LogP contribution is -2.58. The molecule has 3 aliphatic rings. The Bertz CT molecular complexity index is 1520. The van der Waals surface area contributed by atoms with E-state index in [0.29, 0.717) is 42.2 Å². The second-order valence-corrected chi connectivity index (χ2v) is 12.4. The van der Waals surface area contributed by atoms with Crippen LogP contribution in [0.15, 0.2) is 60.7 Å². The quantitative estimate of drug-likeness (QED) is 0.410. The third kappa shape index (κ3) is 6.97. The summed E-state index contributed by atoms with van der Waals surface area (Å²) >= 11 is 0. The Morgan fingerprint density at radius 1 is 0.822 bits per heavy atom. The van der Waals surface area contributed by atoms with E-state index in [0.717, 1.165) is 56.8 Å². The molecule has 3 heterocycles. The van der Waals surface area contributed by atoms with Crippen molar-refractivity contribution in [3.63, 3.8) is 0 Å². The number of hydrogen-bond donors (Lipinski definition) is 2. The highest BCUT2D eigenvalue weighted by Crippen LogP contribution is 2.34. The predicted octanol–water partition coefficient (Wildman–Crippen LogP) is 4.40. The fourth-order valence-electron chi connectivity index (χ4n) is 6.50. The molecule has 0 aliphatic carbocycles. The number of carbonyl (C=O) groups is 2. The van der Waals surface area contributed by atoms with Crippen molar-refractivity contribution in [2.75, 3.05) is 63.8 Å². The van der Waals surface area contributed by atoms with Crippen LogP contribution in [0.4, 0.5) is 14.5 Å². The molecule has 0 saturated carbocycles. The molecule has 10 heteroatoms. The van der Waals surface area contributed by atoms with Gasteiger partial charge in [-0.2, -0.15) is 0 Å². The number of halogens is 2. The number of piperazine rings is 2. The molecule has 0 unspecified atom stereocenters. The molecule has 3 aliphatic heterocycles. The van der Waals surface area contributed by atoms with E-state index in [2.05, 4.69) is 15.5 Å².